The fourth-order valence-electron chi connectivity index (χ4n) is 1.91. The highest BCUT2D eigenvalue weighted by Gasteiger charge is 2.41. The van der Waals surface area contributed by atoms with Gasteiger partial charge in [-0.05, 0) is 26.0 Å². The largest absolute Gasteiger partial charge is 0.383 e. The number of thioether (sulfide) groups is 1. The zero-order valence-corrected chi connectivity index (χ0v) is 11.4. The summed E-state index contributed by atoms with van der Waals surface area (Å²) in [6.45, 7) is 2.94. The molecule has 0 amide bonds. The van der Waals surface area contributed by atoms with Gasteiger partial charge in [0.15, 0.2) is 0 Å². The van der Waals surface area contributed by atoms with Crippen LogP contribution in [0.15, 0.2) is 9.59 Å². The molecule has 0 spiro atoms. The summed E-state index contributed by atoms with van der Waals surface area (Å²) < 4.78 is 1.58. The van der Waals surface area contributed by atoms with Crippen LogP contribution in [0.1, 0.15) is 19.8 Å². The fraction of sp³-hybridized carbons (Fsp3) is 0.636. The third-order valence-corrected chi connectivity index (χ3v) is 4.80. The number of H-pyrrole nitrogens is 1. The molecule has 1 aromatic rings. The summed E-state index contributed by atoms with van der Waals surface area (Å²) in [5.41, 5.74) is 5.26. The van der Waals surface area contributed by atoms with Crippen molar-refractivity contribution in [3.8, 4) is 0 Å². The first-order valence-electron chi connectivity index (χ1n) is 5.94. The van der Waals surface area contributed by atoms with Gasteiger partial charge in [0.1, 0.15) is 11.5 Å². The number of aromatic nitrogens is 2. The van der Waals surface area contributed by atoms with Gasteiger partial charge in [-0.2, -0.15) is 11.8 Å². The summed E-state index contributed by atoms with van der Waals surface area (Å²) in [5.74, 6) is 0.211. The van der Waals surface area contributed by atoms with Crippen molar-refractivity contribution in [3.63, 3.8) is 0 Å². The average Bonchev–Trinajstić information content (AvgIpc) is 3.09. The van der Waals surface area contributed by atoms with Crippen LogP contribution < -0.4 is 22.3 Å². The highest BCUT2D eigenvalue weighted by molar-refractivity contribution is 8.00. The standard InChI is InChI=1S/C11H18N4O2S/c1-3-15-8(12)7(9(16)14-10(15)17)13-6-11(18-2)4-5-11/h13H,3-6,12H2,1-2H3,(H,14,16,17). The van der Waals surface area contributed by atoms with Gasteiger partial charge < -0.3 is 11.1 Å². The summed E-state index contributed by atoms with van der Waals surface area (Å²) in [5, 5.41) is 3.09. The second-order valence-electron chi connectivity index (χ2n) is 4.50. The van der Waals surface area contributed by atoms with Crippen LogP contribution in [-0.2, 0) is 6.54 Å². The molecule has 0 saturated heterocycles. The maximum atomic E-state index is 11.7. The van der Waals surface area contributed by atoms with Gasteiger partial charge in [0.25, 0.3) is 5.56 Å². The Kier molecular flexibility index (Phi) is 3.43. The van der Waals surface area contributed by atoms with Gasteiger partial charge in [-0.25, -0.2) is 4.79 Å². The first-order chi connectivity index (χ1) is 8.53. The second kappa shape index (κ2) is 4.72. The van der Waals surface area contributed by atoms with E-state index in [-0.39, 0.29) is 10.6 Å². The van der Waals surface area contributed by atoms with Crippen molar-refractivity contribution >= 4 is 23.3 Å². The summed E-state index contributed by atoms with van der Waals surface area (Å²) in [6.07, 6.45) is 4.36. The Bertz CT molecular complexity index is 559. The Morgan fingerprint density at radius 1 is 1.50 bits per heavy atom. The first kappa shape index (κ1) is 13.1. The molecule has 1 aromatic heterocycles. The highest BCUT2D eigenvalue weighted by Crippen LogP contribution is 2.47. The van der Waals surface area contributed by atoms with Crippen LogP contribution in [0.25, 0.3) is 0 Å². The smallest absolute Gasteiger partial charge is 0.330 e. The molecule has 18 heavy (non-hydrogen) atoms. The molecule has 7 heteroatoms. The van der Waals surface area contributed by atoms with Crippen molar-refractivity contribution < 1.29 is 0 Å². The van der Waals surface area contributed by atoms with Crippen molar-refractivity contribution in [1.29, 1.82) is 0 Å². The molecule has 1 heterocycles. The summed E-state index contributed by atoms with van der Waals surface area (Å²) in [4.78, 5) is 25.5. The van der Waals surface area contributed by atoms with E-state index in [0.29, 0.717) is 18.8 Å². The molecule has 2 rings (SSSR count). The van der Waals surface area contributed by atoms with E-state index in [1.165, 1.54) is 4.57 Å². The van der Waals surface area contributed by atoms with Crippen molar-refractivity contribution in [2.45, 2.75) is 31.1 Å². The normalized spacial score (nSPS) is 16.6. The van der Waals surface area contributed by atoms with E-state index < -0.39 is 11.2 Å². The van der Waals surface area contributed by atoms with Gasteiger partial charge in [0.2, 0.25) is 0 Å². The van der Waals surface area contributed by atoms with E-state index in [0.717, 1.165) is 12.8 Å². The number of anilines is 2. The molecule has 0 unspecified atom stereocenters. The van der Waals surface area contributed by atoms with Gasteiger partial charge in [-0.1, -0.05) is 0 Å². The van der Waals surface area contributed by atoms with Crippen molar-refractivity contribution in [2.24, 2.45) is 0 Å². The third kappa shape index (κ3) is 2.27. The molecular weight excluding hydrogens is 252 g/mol. The number of hydrogen-bond acceptors (Lipinski definition) is 5. The lowest BCUT2D eigenvalue weighted by Crippen LogP contribution is -2.34. The molecule has 100 valence electrons. The molecule has 1 aliphatic rings. The number of rotatable bonds is 5. The van der Waals surface area contributed by atoms with E-state index in [2.05, 4.69) is 16.6 Å². The lowest BCUT2D eigenvalue weighted by molar-refractivity contribution is 0.705. The number of nitrogens with one attached hydrogen (secondary N) is 2. The van der Waals surface area contributed by atoms with Crippen LogP contribution in [0.2, 0.25) is 0 Å². The molecule has 1 aliphatic carbocycles. The predicted molar refractivity (Wildman–Crippen MR) is 75.4 cm³/mol. The second-order valence-corrected chi connectivity index (χ2v) is 5.78. The molecule has 0 aromatic carbocycles. The summed E-state index contributed by atoms with van der Waals surface area (Å²) in [6, 6.07) is 0. The van der Waals surface area contributed by atoms with Crippen molar-refractivity contribution in [1.82, 2.24) is 9.55 Å². The number of nitrogens with two attached hydrogens (primary N) is 1. The number of nitrogens with zero attached hydrogens (tertiary/aromatic N) is 1. The minimum Gasteiger partial charge on any atom is -0.383 e. The number of hydrogen-bond donors (Lipinski definition) is 3. The molecule has 4 N–H and O–H groups in total. The van der Waals surface area contributed by atoms with Gasteiger partial charge in [-0.3, -0.25) is 14.3 Å². The SMILES string of the molecule is CCn1c(N)c(NCC2(SC)CC2)c(=O)[nH]c1=O. The molecule has 0 aliphatic heterocycles. The number of nitrogen functional groups attached to an aromatic ring is 1. The Morgan fingerprint density at radius 3 is 2.67 bits per heavy atom. The molecule has 0 bridgehead atoms. The molecular formula is C11H18N4O2S. The molecule has 6 nitrogen and oxygen atoms in total. The van der Waals surface area contributed by atoms with Gasteiger partial charge in [0, 0.05) is 17.8 Å². The average molecular weight is 270 g/mol. The zero-order valence-electron chi connectivity index (χ0n) is 10.6. The monoisotopic (exact) mass is 270 g/mol. The van der Waals surface area contributed by atoms with Gasteiger partial charge in [-0.15, -0.1) is 0 Å². The topological polar surface area (TPSA) is 92.9 Å². The summed E-state index contributed by atoms with van der Waals surface area (Å²) in [7, 11) is 0. The Balaban J connectivity index is 2.27. The predicted octanol–water partition coefficient (Wildman–Crippen LogP) is 0.446. The van der Waals surface area contributed by atoms with Crippen molar-refractivity contribution in [2.75, 3.05) is 23.9 Å². The minimum absolute atomic E-state index is 0.211. The van der Waals surface area contributed by atoms with Gasteiger partial charge in [0.05, 0.1) is 0 Å². The molecule has 0 atom stereocenters. The highest BCUT2D eigenvalue weighted by atomic mass is 32.2. The van der Waals surface area contributed by atoms with Crippen LogP contribution in [0.5, 0.6) is 0 Å². The quantitative estimate of drug-likeness (QED) is 0.722. The minimum atomic E-state index is -0.462. The van der Waals surface area contributed by atoms with E-state index >= 15 is 0 Å². The van der Waals surface area contributed by atoms with Gasteiger partial charge >= 0.3 is 5.69 Å². The lowest BCUT2D eigenvalue weighted by Gasteiger charge is -2.16. The molecule has 0 radical (unpaired) electrons. The van der Waals surface area contributed by atoms with Crippen LogP contribution in [-0.4, -0.2) is 27.1 Å². The van der Waals surface area contributed by atoms with E-state index in [4.69, 9.17) is 5.73 Å². The summed E-state index contributed by atoms with van der Waals surface area (Å²) >= 11 is 1.80. The fourth-order valence-corrected chi connectivity index (χ4v) is 2.64. The maximum absolute atomic E-state index is 11.7. The first-order valence-corrected chi connectivity index (χ1v) is 7.17. The Morgan fingerprint density at radius 2 is 2.17 bits per heavy atom. The zero-order chi connectivity index (χ0) is 13.3. The van der Waals surface area contributed by atoms with E-state index in [9.17, 15) is 9.59 Å². The molecule has 1 fully saturated rings. The van der Waals surface area contributed by atoms with Crippen LogP contribution >= 0.6 is 11.8 Å². The maximum Gasteiger partial charge on any atom is 0.330 e. The Labute approximate surface area is 109 Å². The van der Waals surface area contributed by atoms with Crippen molar-refractivity contribution in [3.05, 3.63) is 20.8 Å². The Hall–Kier alpha value is -1.37. The van der Waals surface area contributed by atoms with E-state index in [1.54, 1.807) is 11.8 Å². The lowest BCUT2D eigenvalue weighted by atomic mass is 10.3. The number of aromatic amines is 1. The molecule has 1 saturated carbocycles. The third-order valence-electron chi connectivity index (χ3n) is 3.38. The van der Waals surface area contributed by atoms with Crippen LogP contribution in [0.4, 0.5) is 11.5 Å². The van der Waals surface area contributed by atoms with Crippen LogP contribution in [0.3, 0.4) is 0 Å². The van der Waals surface area contributed by atoms with Crippen LogP contribution in [0, 0.1) is 0 Å². The van der Waals surface area contributed by atoms with E-state index in [1.807, 2.05) is 6.92 Å².